The number of aromatic nitrogens is 2. The van der Waals surface area contributed by atoms with Gasteiger partial charge in [-0.3, -0.25) is 0 Å². The molecule has 0 saturated carbocycles. The van der Waals surface area contributed by atoms with E-state index in [0.29, 0.717) is 5.15 Å². The van der Waals surface area contributed by atoms with E-state index in [-0.39, 0.29) is 5.95 Å². The van der Waals surface area contributed by atoms with Crippen molar-refractivity contribution in [2.24, 2.45) is 0 Å². The molecule has 0 spiro atoms. The van der Waals surface area contributed by atoms with Crippen molar-refractivity contribution in [2.75, 3.05) is 5.73 Å². The second kappa shape index (κ2) is 2.83. The maximum Gasteiger partial charge on any atom is 0.222 e. The van der Waals surface area contributed by atoms with Crippen LogP contribution < -0.4 is 5.73 Å². The van der Waals surface area contributed by atoms with Crippen molar-refractivity contribution in [3.8, 4) is 0 Å². The van der Waals surface area contributed by atoms with Gasteiger partial charge in [-0.1, -0.05) is 11.6 Å². The average molecular weight is 265 g/mol. The van der Waals surface area contributed by atoms with Gasteiger partial charge in [-0.05, 0) is 15.9 Å². The highest BCUT2D eigenvalue weighted by molar-refractivity contribution is 9.10. The second-order valence-corrected chi connectivity index (χ2v) is 4.23. The van der Waals surface area contributed by atoms with Crippen LogP contribution in [0.4, 0.5) is 5.95 Å². The summed E-state index contributed by atoms with van der Waals surface area (Å²) in [5, 5.41) is 2.32. The smallest absolute Gasteiger partial charge is 0.222 e. The molecule has 0 saturated heterocycles. The van der Waals surface area contributed by atoms with Crippen molar-refractivity contribution < 1.29 is 0 Å². The molecule has 6 heteroatoms. The zero-order valence-corrected chi connectivity index (χ0v) is 8.87. The lowest BCUT2D eigenvalue weighted by molar-refractivity contribution is 1.24. The van der Waals surface area contributed by atoms with Gasteiger partial charge in [-0.15, -0.1) is 11.3 Å². The average Bonchev–Trinajstić information content (AvgIpc) is 2.33. The maximum atomic E-state index is 5.83. The van der Waals surface area contributed by atoms with Gasteiger partial charge >= 0.3 is 0 Å². The van der Waals surface area contributed by atoms with Gasteiger partial charge in [0, 0.05) is 5.38 Å². The predicted molar refractivity (Wildman–Crippen MR) is 54.5 cm³/mol. The van der Waals surface area contributed by atoms with E-state index in [1.54, 1.807) is 0 Å². The van der Waals surface area contributed by atoms with E-state index >= 15 is 0 Å². The van der Waals surface area contributed by atoms with Crippen molar-refractivity contribution in [3.63, 3.8) is 0 Å². The summed E-state index contributed by atoms with van der Waals surface area (Å²) in [5.74, 6) is 0.201. The third-order valence-corrected chi connectivity index (χ3v) is 3.62. The largest absolute Gasteiger partial charge is 0.368 e. The molecule has 12 heavy (non-hydrogen) atoms. The van der Waals surface area contributed by atoms with Gasteiger partial charge < -0.3 is 5.73 Å². The number of hydrogen-bond acceptors (Lipinski definition) is 4. The first-order chi connectivity index (χ1) is 5.68. The van der Waals surface area contributed by atoms with E-state index in [1.807, 2.05) is 5.38 Å². The minimum Gasteiger partial charge on any atom is -0.368 e. The van der Waals surface area contributed by atoms with E-state index in [9.17, 15) is 0 Å². The second-order valence-electron chi connectivity index (χ2n) is 2.13. The first kappa shape index (κ1) is 8.22. The van der Waals surface area contributed by atoms with Crippen LogP contribution in [-0.2, 0) is 0 Å². The monoisotopic (exact) mass is 263 g/mol. The molecule has 0 aliphatic heterocycles. The number of nitrogen functional groups attached to an aromatic ring is 1. The van der Waals surface area contributed by atoms with E-state index < -0.39 is 0 Å². The molecule has 0 amide bonds. The SMILES string of the molecule is Nc1nc(Cl)c2scc(Br)c2n1. The molecule has 0 bridgehead atoms. The summed E-state index contributed by atoms with van der Waals surface area (Å²) in [6.45, 7) is 0. The molecule has 2 rings (SSSR count). The molecule has 0 atom stereocenters. The Balaban J connectivity index is 2.92. The van der Waals surface area contributed by atoms with Crippen molar-refractivity contribution in [3.05, 3.63) is 15.0 Å². The summed E-state index contributed by atoms with van der Waals surface area (Å²) < 4.78 is 1.76. The molecular weight excluding hydrogens is 262 g/mol. The van der Waals surface area contributed by atoms with Gasteiger partial charge in [-0.2, -0.15) is 4.98 Å². The molecule has 3 nitrogen and oxygen atoms in total. The Hall–Kier alpha value is -0.390. The first-order valence-electron chi connectivity index (χ1n) is 3.04. The Labute approximate surface area is 85.7 Å². The molecule has 0 aromatic carbocycles. The number of nitrogens with two attached hydrogens (primary N) is 1. The molecule has 62 valence electrons. The quantitative estimate of drug-likeness (QED) is 0.744. The molecule has 0 aliphatic carbocycles. The standard InChI is InChI=1S/C6H3BrClN3S/c7-2-1-12-4-3(2)10-6(9)11-5(4)8/h1H,(H2,9,10,11). The summed E-state index contributed by atoms with van der Waals surface area (Å²) >= 11 is 10.7. The van der Waals surface area contributed by atoms with Crippen molar-refractivity contribution in [1.82, 2.24) is 9.97 Å². The first-order valence-corrected chi connectivity index (χ1v) is 5.09. The Morgan fingerprint density at radius 1 is 1.50 bits per heavy atom. The van der Waals surface area contributed by atoms with Gasteiger partial charge in [0.05, 0.1) is 9.17 Å². The lowest BCUT2D eigenvalue weighted by Gasteiger charge is -1.94. The molecule has 2 aromatic heterocycles. The third kappa shape index (κ3) is 1.18. The number of anilines is 1. The maximum absolute atomic E-state index is 5.83. The van der Waals surface area contributed by atoms with Crippen LogP contribution in [0, 0.1) is 0 Å². The van der Waals surface area contributed by atoms with Gasteiger partial charge in [0.1, 0.15) is 5.52 Å². The molecule has 2 heterocycles. The normalized spacial score (nSPS) is 10.8. The summed E-state index contributed by atoms with van der Waals surface area (Å²) in [4.78, 5) is 7.88. The van der Waals surface area contributed by atoms with Crippen LogP contribution in [0.15, 0.2) is 9.85 Å². The fourth-order valence-electron chi connectivity index (χ4n) is 0.872. The third-order valence-electron chi connectivity index (χ3n) is 1.35. The highest BCUT2D eigenvalue weighted by Crippen LogP contribution is 2.32. The highest BCUT2D eigenvalue weighted by Gasteiger charge is 2.08. The fraction of sp³-hybridized carbons (Fsp3) is 0. The zero-order valence-electron chi connectivity index (χ0n) is 5.71. The molecule has 0 aliphatic rings. The molecule has 0 radical (unpaired) electrons. The van der Waals surface area contributed by atoms with E-state index in [4.69, 9.17) is 17.3 Å². The minimum absolute atomic E-state index is 0.201. The predicted octanol–water partition coefficient (Wildman–Crippen LogP) is 2.69. The van der Waals surface area contributed by atoms with E-state index in [1.165, 1.54) is 11.3 Å². The van der Waals surface area contributed by atoms with Gasteiger partial charge in [0.2, 0.25) is 5.95 Å². The number of rotatable bonds is 0. The highest BCUT2D eigenvalue weighted by atomic mass is 79.9. The van der Waals surface area contributed by atoms with Crippen LogP contribution >= 0.6 is 38.9 Å². The van der Waals surface area contributed by atoms with Gasteiger partial charge in [0.15, 0.2) is 5.15 Å². The number of fused-ring (bicyclic) bond motifs is 1. The van der Waals surface area contributed by atoms with Crippen molar-refractivity contribution in [2.45, 2.75) is 0 Å². The molecule has 2 aromatic rings. The Kier molecular flexibility index (Phi) is 1.94. The zero-order chi connectivity index (χ0) is 8.72. The number of halogens is 2. The van der Waals surface area contributed by atoms with Crippen LogP contribution in [-0.4, -0.2) is 9.97 Å². The summed E-state index contributed by atoms with van der Waals surface area (Å²) in [7, 11) is 0. The molecule has 0 fully saturated rings. The van der Waals surface area contributed by atoms with E-state index in [0.717, 1.165) is 14.7 Å². The Bertz CT molecular complexity index is 442. The van der Waals surface area contributed by atoms with Crippen LogP contribution in [0.3, 0.4) is 0 Å². The van der Waals surface area contributed by atoms with Crippen LogP contribution in [0.2, 0.25) is 5.15 Å². The molecule has 0 unspecified atom stereocenters. The fourth-order valence-corrected chi connectivity index (χ4v) is 2.62. The van der Waals surface area contributed by atoms with Crippen LogP contribution in [0.25, 0.3) is 10.2 Å². The van der Waals surface area contributed by atoms with Crippen molar-refractivity contribution >= 4 is 55.0 Å². The summed E-state index contributed by atoms with van der Waals surface area (Å²) in [6, 6.07) is 0. The van der Waals surface area contributed by atoms with Crippen LogP contribution in [0.1, 0.15) is 0 Å². The molecule has 2 N–H and O–H groups in total. The number of hydrogen-bond donors (Lipinski definition) is 1. The minimum atomic E-state index is 0.201. The number of nitrogens with zero attached hydrogens (tertiary/aromatic N) is 2. The van der Waals surface area contributed by atoms with Crippen LogP contribution in [0.5, 0.6) is 0 Å². The Morgan fingerprint density at radius 2 is 2.25 bits per heavy atom. The molecular formula is C6H3BrClN3S. The number of thiophene rings is 1. The van der Waals surface area contributed by atoms with Gasteiger partial charge in [0.25, 0.3) is 0 Å². The van der Waals surface area contributed by atoms with Crippen molar-refractivity contribution in [1.29, 1.82) is 0 Å². The summed E-state index contributed by atoms with van der Waals surface area (Å²) in [5.41, 5.74) is 6.21. The summed E-state index contributed by atoms with van der Waals surface area (Å²) in [6.07, 6.45) is 0. The van der Waals surface area contributed by atoms with Gasteiger partial charge in [-0.25, -0.2) is 4.98 Å². The Morgan fingerprint density at radius 3 is 3.00 bits per heavy atom. The van der Waals surface area contributed by atoms with E-state index in [2.05, 4.69) is 25.9 Å². The lowest BCUT2D eigenvalue weighted by atomic mass is 10.5. The lowest BCUT2D eigenvalue weighted by Crippen LogP contribution is -1.93. The topological polar surface area (TPSA) is 51.8 Å².